The topological polar surface area (TPSA) is 65.0 Å². The van der Waals surface area contributed by atoms with Crippen molar-refractivity contribution in [1.29, 1.82) is 0 Å². The molecule has 0 amide bonds. The van der Waals surface area contributed by atoms with Gasteiger partial charge in [-0.25, -0.2) is 12.7 Å². The summed E-state index contributed by atoms with van der Waals surface area (Å²) < 4.78 is 25.0. The fourth-order valence-corrected chi connectivity index (χ4v) is 4.08. The Hall–Kier alpha value is -1.60. The predicted molar refractivity (Wildman–Crippen MR) is 89.2 cm³/mol. The largest absolute Gasteiger partial charge is 0.355 e. The Morgan fingerprint density at radius 1 is 1.36 bits per heavy atom. The lowest BCUT2D eigenvalue weighted by molar-refractivity contribution is 0.432. The highest BCUT2D eigenvalue weighted by Crippen LogP contribution is 2.11. The van der Waals surface area contributed by atoms with Crippen LogP contribution in [-0.4, -0.2) is 63.1 Å². The highest BCUT2D eigenvalue weighted by atomic mass is 32.2. The number of benzene rings is 1. The number of hydrogen-bond donors (Lipinski definition) is 1. The molecule has 0 atom stereocenters. The number of aliphatic imine (C=N–C) groups is 1. The third-order valence-corrected chi connectivity index (χ3v) is 5.64. The van der Waals surface area contributed by atoms with E-state index in [1.54, 1.807) is 11.4 Å². The molecule has 1 aliphatic heterocycles. The zero-order valence-electron chi connectivity index (χ0n) is 13.2. The molecule has 122 valence electrons. The molecule has 7 heteroatoms. The maximum atomic E-state index is 11.7. The summed E-state index contributed by atoms with van der Waals surface area (Å²) in [4.78, 5) is 6.27. The van der Waals surface area contributed by atoms with E-state index >= 15 is 0 Å². The first-order chi connectivity index (χ1) is 10.5. The van der Waals surface area contributed by atoms with Crippen molar-refractivity contribution >= 4 is 16.0 Å². The number of hydrogen-bond acceptors (Lipinski definition) is 3. The quantitative estimate of drug-likeness (QED) is 0.640. The number of nitrogens with one attached hydrogen (secondary N) is 1. The second-order valence-electron chi connectivity index (χ2n) is 5.38. The van der Waals surface area contributed by atoms with Crippen LogP contribution >= 0.6 is 0 Å². The van der Waals surface area contributed by atoms with Gasteiger partial charge in [-0.2, -0.15) is 0 Å². The Balaban J connectivity index is 1.82. The second-order valence-corrected chi connectivity index (χ2v) is 7.47. The summed E-state index contributed by atoms with van der Waals surface area (Å²) in [5.74, 6) is 1.04. The van der Waals surface area contributed by atoms with Crippen LogP contribution in [0.2, 0.25) is 0 Å². The van der Waals surface area contributed by atoms with Crippen molar-refractivity contribution in [2.45, 2.75) is 13.0 Å². The summed E-state index contributed by atoms with van der Waals surface area (Å²) in [6.07, 6.45) is 0.727. The molecule has 0 aromatic heterocycles. The average molecular weight is 324 g/mol. The van der Waals surface area contributed by atoms with Gasteiger partial charge in [0.2, 0.25) is 10.0 Å². The van der Waals surface area contributed by atoms with Gasteiger partial charge in [-0.05, 0) is 12.0 Å². The molecule has 1 aromatic carbocycles. The number of sulfonamides is 1. The van der Waals surface area contributed by atoms with E-state index in [-0.39, 0.29) is 5.75 Å². The van der Waals surface area contributed by atoms with Crippen LogP contribution in [0.5, 0.6) is 0 Å². The standard InChI is InChI=1S/C15H24N4O2S/c1-16-15(18(2)13-14-7-4-3-5-8-14)17-9-11-19-10-6-12-22(19,20)21/h3-5,7-8H,6,9-13H2,1-2H3,(H,16,17). The Morgan fingerprint density at radius 3 is 2.68 bits per heavy atom. The van der Waals surface area contributed by atoms with Gasteiger partial charge in [-0.3, -0.25) is 4.99 Å². The molecule has 1 saturated heterocycles. The minimum Gasteiger partial charge on any atom is -0.355 e. The van der Waals surface area contributed by atoms with E-state index in [1.807, 2.05) is 30.1 Å². The molecule has 2 rings (SSSR count). The molecule has 1 aromatic rings. The lowest BCUT2D eigenvalue weighted by Gasteiger charge is -2.23. The first kappa shape index (κ1) is 16.8. The maximum Gasteiger partial charge on any atom is 0.214 e. The Morgan fingerprint density at radius 2 is 2.09 bits per heavy atom. The van der Waals surface area contributed by atoms with Crippen LogP contribution in [-0.2, 0) is 16.6 Å². The van der Waals surface area contributed by atoms with Gasteiger partial charge in [-0.1, -0.05) is 30.3 Å². The zero-order valence-corrected chi connectivity index (χ0v) is 14.0. The fourth-order valence-electron chi connectivity index (χ4n) is 2.55. The molecule has 1 heterocycles. The summed E-state index contributed by atoms with van der Waals surface area (Å²) >= 11 is 0. The number of guanidine groups is 1. The van der Waals surface area contributed by atoms with Crippen molar-refractivity contribution in [2.24, 2.45) is 4.99 Å². The van der Waals surface area contributed by atoms with Crippen LogP contribution in [0.15, 0.2) is 35.3 Å². The van der Waals surface area contributed by atoms with E-state index < -0.39 is 10.0 Å². The lowest BCUT2D eigenvalue weighted by Crippen LogP contribution is -2.42. The summed E-state index contributed by atoms with van der Waals surface area (Å²) in [6.45, 7) is 2.43. The molecule has 6 nitrogen and oxygen atoms in total. The van der Waals surface area contributed by atoms with Gasteiger partial charge >= 0.3 is 0 Å². The summed E-state index contributed by atoms with van der Waals surface area (Å²) in [7, 11) is 0.679. The molecule has 1 N–H and O–H groups in total. The third kappa shape index (κ3) is 4.45. The molecule has 0 aliphatic carbocycles. The molecule has 1 aliphatic rings. The van der Waals surface area contributed by atoms with E-state index in [0.29, 0.717) is 19.6 Å². The Bertz CT molecular complexity index is 601. The molecule has 22 heavy (non-hydrogen) atoms. The van der Waals surface area contributed by atoms with Gasteiger partial charge in [0.1, 0.15) is 0 Å². The van der Waals surface area contributed by atoms with Crippen LogP contribution in [0.1, 0.15) is 12.0 Å². The third-order valence-electron chi connectivity index (χ3n) is 3.68. The SMILES string of the molecule is CN=C(NCCN1CCCS1(=O)=O)N(C)Cc1ccccc1. The van der Waals surface area contributed by atoms with Crippen molar-refractivity contribution in [3.8, 4) is 0 Å². The maximum absolute atomic E-state index is 11.7. The molecule has 1 fully saturated rings. The molecule has 0 spiro atoms. The van der Waals surface area contributed by atoms with Gasteiger partial charge in [0.05, 0.1) is 5.75 Å². The summed E-state index contributed by atoms with van der Waals surface area (Å²) in [5.41, 5.74) is 1.20. The number of nitrogens with zero attached hydrogens (tertiary/aromatic N) is 3. The average Bonchev–Trinajstić information content (AvgIpc) is 2.83. The first-order valence-electron chi connectivity index (χ1n) is 7.46. The van der Waals surface area contributed by atoms with Gasteiger partial charge in [-0.15, -0.1) is 0 Å². The van der Waals surface area contributed by atoms with Crippen molar-refractivity contribution in [2.75, 3.05) is 39.5 Å². The van der Waals surface area contributed by atoms with Crippen molar-refractivity contribution in [3.63, 3.8) is 0 Å². The van der Waals surface area contributed by atoms with E-state index in [2.05, 4.69) is 22.4 Å². The Labute approximate surface area is 132 Å². The van der Waals surface area contributed by atoms with Crippen molar-refractivity contribution in [3.05, 3.63) is 35.9 Å². The summed E-state index contributed by atoms with van der Waals surface area (Å²) in [5, 5.41) is 3.22. The minimum atomic E-state index is -3.02. The van der Waals surface area contributed by atoms with Gasteiger partial charge in [0.25, 0.3) is 0 Å². The van der Waals surface area contributed by atoms with E-state index in [9.17, 15) is 8.42 Å². The lowest BCUT2D eigenvalue weighted by atomic mass is 10.2. The molecule has 0 unspecified atom stereocenters. The van der Waals surface area contributed by atoms with Gasteiger partial charge in [0.15, 0.2) is 5.96 Å². The van der Waals surface area contributed by atoms with Gasteiger partial charge in [0, 0.05) is 40.3 Å². The van der Waals surface area contributed by atoms with Crippen LogP contribution in [0, 0.1) is 0 Å². The van der Waals surface area contributed by atoms with Crippen LogP contribution in [0.3, 0.4) is 0 Å². The highest BCUT2D eigenvalue weighted by molar-refractivity contribution is 7.89. The summed E-state index contributed by atoms with van der Waals surface area (Å²) in [6, 6.07) is 10.2. The smallest absolute Gasteiger partial charge is 0.214 e. The van der Waals surface area contributed by atoms with E-state index in [4.69, 9.17) is 0 Å². The molecule has 0 radical (unpaired) electrons. The molecular formula is C15H24N4O2S. The second kappa shape index (κ2) is 7.60. The zero-order chi connectivity index (χ0) is 16.0. The molecular weight excluding hydrogens is 300 g/mol. The minimum absolute atomic E-state index is 0.273. The monoisotopic (exact) mass is 324 g/mol. The molecule has 0 saturated carbocycles. The van der Waals surface area contributed by atoms with Crippen molar-refractivity contribution in [1.82, 2.24) is 14.5 Å². The Kier molecular flexibility index (Phi) is 5.79. The fraction of sp³-hybridized carbons (Fsp3) is 0.533. The molecule has 0 bridgehead atoms. The number of rotatable bonds is 5. The van der Waals surface area contributed by atoms with E-state index in [1.165, 1.54) is 5.56 Å². The van der Waals surface area contributed by atoms with Crippen LogP contribution in [0.25, 0.3) is 0 Å². The normalized spacial score (nSPS) is 18.4. The van der Waals surface area contributed by atoms with Crippen LogP contribution in [0.4, 0.5) is 0 Å². The van der Waals surface area contributed by atoms with Crippen molar-refractivity contribution < 1.29 is 8.42 Å². The predicted octanol–water partition coefficient (Wildman–Crippen LogP) is 0.729. The van der Waals surface area contributed by atoms with E-state index in [0.717, 1.165) is 18.9 Å². The first-order valence-corrected chi connectivity index (χ1v) is 9.07. The van der Waals surface area contributed by atoms with Crippen LogP contribution < -0.4 is 5.32 Å². The van der Waals surface area contributed by atoms with Gasteiger partial charge < -0.3 is 10.2 Å². The highest BCUT2D eigenvalue weighted by Gasteiger charge is 2.27.